The predicted molar refractivity (Wildman–Crippen MR) is 66.2 cm³/mol. The van der Waals surface area contributed by atoms with E-state index in [1.54, 1.807) is 13.8 Å². The van der Waals surface area contributed by atoms with Gasteiger partial charge in [-0.3, -0.25) is 20.2 Å². The summed E-state index contributed by atoms with van der Waals surface area (Å²) in [6.07, 6.45) is 0. The van der Waals surface area contributed by atoms with Crippen LogP contribution < -0.4 is 5.32 Å². The van der Waals surface area contributed by atoms with Gasteiger partial charge in [0.1, 0.15) is 6.04 Å². The molecule has 0 aromatic heterocycles. The molecule has 104 valence electrons. The smallest absolute Gasteiger partial charge is 0.320 e. The molecule has 6 nitrogen and oxygen atoms in total. The van der Waals surface area contributed by atoms with Crippen molar-refractivity contribution in [3.05, 3.63) is 39.7 Å². The Labute approximate surface area is 109 Å². The topological polar surface area (TPSA) is 92.5 Å². The normalized spacial score (nSPS) is 12.4. The molecule has 1 aromatic carbocycles. The maximum atomic E-state index is 13.7. The highest BCUT2D eigenvalue weighted by Gasteiger charge is 2.22. The van der Waals surface area contributed by atoms with E-state index in [0.717, 1.165) is 6.07 Å². The summed E-state index contributed by atoms with van der Waals surface area (Å²) in [5.74, 6) is -2.16. The van der Waals surface area contributed by atoms with Crippen molar-refractivity contribution in [2.75, 3.05) is 0 Å². The molecule has 1 atom stereocenters. The molecule has 1 aromatic rings. The summed E-state index contributed by atoms with van der Waals surface area (Å²) in [6.45, 7) is 3.35. The van der Waals surface area contributed by atoms with Gasteiger partial charge in [0.25, 0.3) is 0 Å². The van der Waals surface area contributed by atoms with Crippen LogP contribution in [0.1, 0.15) is 19.4 Å². The fraction of sp³-hybridized carbons (Fsp3) is 0.417. The van der Waals surface area contributed by atoms with Gasteiger partial charge >= 0.3 is 11.7 Å². The first-order valence-corrected chi connectivity index (χ1v) is 5.72. The number of hydrogen-bond acceptors (Lipinski definition) is 4. The average Bonchev–Trinajstić information content (AvgIpc) is 2.30. The lowest BCUT2D eigenvalue weighted by atomic mass is 10.0. The summed E-state index contributed by atoms with van der Waals surface area (Å²) in [7, 11) is 0. The van der Waals surface area contributed by atoms with Crippen molar-refractivity contribution < 1.29 is 19.2 Å². The molecule has 0 heterocycles. The van der Waals surface area contributed by atoms with Crippen molar-refractivity contribution in [1.82, 2.24) is 5.32 Å². The van der Waals surface area contributed by atoms with Crippen LogP contribution in [0.5, 0.6) is 0 Å². The van der Waals surface area contributed by atoms with Crippen LogP contribution >= 0.6 is 0 Å². The van der Waals surface area contributed by atoms with Gasteiger partial charge in [0.15, 0.2) is 0 Å². The van der Waals surface area contributed by atoms with Crippen molar-refractivity contribution in [2.45, 2.75) is 26.4 Å². The molecule has 0 bridgehead atoms. The third-order valence-corrected chi connectivity index (χ3v) is 2.70. The van der Waals surface area contributed by atoms with Crippen LogP contribution in [0, 0.1) is 21.8 Å². The van der Waals surface area contributed by atoms with Crippen LogP contribution in [0.25, 0.3) is 0 Å². The highest BCUT2D eigenvalue weighted by atomic mass is 19.1. The molecule has 0 saturated heterocycles. The van der Waals surface area contributed by atoms with Gasteiger partial charge in [0.05, 0.1) is 4.92 Å². The van der Waals surface area contributed by atoms with E-state index in [-0.39, 0.29) is 18.0 Å². The standard InChI is InChI=1S/C12H15FN2O4/c1-7(2)11(12(16)17)14-6-8-4-3-5-9(10(8)13)15(18)19/h3-5,7,11,14H,6H2,1-2H3,(H,16,17). The van der Waals surface area contributed by atoms with Crippen LogP contribution in [0.15, 0.2) is 18.2 Å². The van der Waals surface area contributed by atoms with Crippen LogP contribution in [0.3, 0.4) is 0 Å². The van der Waals surface area contributed by atoms with E-state index in [9.17, 15) is 19.3 Å². The maximum Gasteiger partial charge on any atom is 0.320 e. The summed E-state index contributed by atoms with van der Waals surface area (Å²) >= 11 is 0. The fourth-order valence-electron chi connectivity index (χ4n) is 1.67. The molecule has 1 unspecified atom stereocenters. The molecule has 0 aliphatic carbocycles. The second-order valence-electron chi connectivity index (χ2n) is 4.45. The Morgan fingerprint density at radius 3 is 2.63 bits per heavy atom. The van der Waals surface area contributed by atoms with Gasteiger partial charge in [-0.05, 0) is 5.92 Å². The Hall–Kier alpha value is -2.02. The molecule has 0 spiro atoms. The lowest BCUT2D eigenvalue weighted by Gasteiger charge is -2.18. The third kappa shape index (κ3) is 3.72. The lowest BCUT2D eigenvalue weighted by Crippen LogP contribution is -2.40. The van der Waals surface area contributed by atoms with E-state index >= 15 is 0 Å². The number of carboxylic acid groups (broad SMARTS) is 1. The molecule has 2 N–H and O–H groups in total. The molecule has 1 rings (SSSR count). The van der Waals surface area contributed by atoms with E-state index in [2.05, 4.69) is 5.32 Å². The number of rotatable bonds is 6. The SMILES string of the molecule is CC(C)C(NCc1cccc([N+](=O)[O-])c1F)C(=O)O. The zero-order valence-electron chi connectivity index (χ0n) is 10.6. The Kier molecular flexibility index (Phi) is 4.94. The number of nitro benzene ring substituents is 1. The number of aliphatic carboxylic acids is 1. The minimum absolute atomic E-state index is 0.0705. The van der Waals surface area contributed by atoms with Gasteiger partial charge in [-0.25, -0.2) is 0 Å². The highest BCUT2D eigenvalue weighted by Crippen LogP contribution is 2.20. The van der Waals surface area contributed by atoms with E-state index in [1.807, 2.05) is 0 Å². The predicted octanol–water partition coefficient (Wildman–Crippen LogP) is 1.93. The largest absolute Gasteiger partial charge is 0.480 e. The molecule has 0 radical (unpaired) electrons. The third-order valence-electron chi connectivity index (χ3n) is 2.70. The molecule has 0 aliphatic heterocycles. The van der Waals surface area contributed by atoms with Gasteiger partial charge in [0, 0.05) is 18.2 Å². The number of nitro groups is 1. The Balaban J connectivity index is 2.86. The zero-order chi connectivity index (χ0) is 14.6. The molecular weight excluding hydrogens is 255 g/mol. The molecule has 0 fully saturated rings. The van der Waals surface area contributed by atoms with Gasteiger partial charge in [-0.15, -0.1) is 0 Å². The quantitative estimate of drug-likeness (QED) is 0.608. The molecule has 0 saturated carbocycles. The minimum Gasteiger partial charge on any atom is -0.480 e. The van der Waals surface area contributed by atoms with E-state index in [0.29, 0.717) is 0 Å². The summed E-state index contributed by atoms with van der Waals surface area (Å²) in [5, 5.41) is 22.2. The van der Waals surface area contributed by atoms with Crippen LogP contribution in [-0.4, -0.2) is 22.0 Å². The fourth-order valence-corrected chi connectivity index (χ4v) is 1.67. The zero-order valence-corrected chi connectivity index (χ0v) is 10.6. The number of benzene rings is 1. The maximum absolute atomic E-state index is 13.7. The first-order valence-electron chi connectivity index (χ1n) is 5.72. The molecule has 0 aliphatic rings. The van der Waals surface area contributed by atoms with E-state index in [1.165, 1.54) is 12.1 Å². The number of carboxylic acids is 1. The molecule has 0 amide bonds. The number of hydrogen-bond donors (Lipinski definition) is 2. The van der Waals surface area contributed by atoms with Crippen molar-refractivity contribution >= 4 is 11.7 Å². The van der Waals surface area contributed by atoms with Gasteiger partial charge < -0.3 is 5.11 Å². The summed E-state index contributed by atoms with van der Waals surface area (Å²) in [6, 6.07) is 2.98. The van der Waals surface area contributed by atoms with Gasteiger partial charge in [-0.1, -0.05) is 26.0 Å². The van der Waals surface area contributed by atoms with Crippen molar-refractivity contribution in [2.24, 2.45) is 5.92 Å². The van der Waals surface area contributed by atoms with E-state index < -0.39 is 28.4 Å². The number of nitrogens with zero attached hydrogens (tertiary/aromatic N) is 1. The summed E-state index contributed by atoms with van der Waals surface area (Å²) in [5.41, 5.74) is -0.545. The molecular formula is C12H15FN2O4. The first-order chi connectivity index (χ1) is 8.84. The van der Waals surface area contributed by atoms with Crippen LogP contribution in [0.4, 0.5) is 10.1 Å². The van der Waals surface area contributed by atoms with E-state index in [4.69, 9.17) is 5.11 Å². The highest BCUT2D eigenvalue weighted by molar-refractivity contribution is 5.73. The number of carbonyl (C=O) groups is 1. The lowest BCUT2D eigenvalue weighted by molar-refractivity contribution is -0.387. The Morgan fingerprint density at radius 2 is 2.16 bits per heavy atom. The summed E-state index contributed by atoms with van der Waals surface area (Å²) in [4.78, 5) is 20.7. The average molecular weight is 270 g/mol. The second-order valence-corrected chi connectivity index (χ2v) is 4.45. The monoisotopic (exact) mass is 270 g/mol. The van der Waals surface area contributed by atoms with Crippen LogP contribution in [-0.2, 0) is 11.3 Å². The van der Waals surface area contributed by atoms with Crippen LogP contribution in [0.2, 0.25) is 0 Å². The van der Waals surface area contributed by atoms with Crippen molar-refractivity contribution in [1.29, 1.82) is 0 Å². The number of halogens is 1. The summed E-state index contributed by atoms with van der Waals surface area (Å²) < 4.78 is 13.7. The van der Waals surface area contributed by atoms with Gasteiger partial charge in [0.2, 0.25) is 5.82 Å². The Morgan fingerprint density at radius 1 is 1.53 bits per heavy atom. The molecule has 19 heavy (non-hydrogen) atoms. The first kappa shape index (κ1) is 15.0. The molecule has 7 heteroatoms. The van der Waals surface area contributed by atoms with Crippen molar-refractivity contribution in [3.63, 3.8) is 0 Å². The second kappa shape index (κ2) is 6.24. The van der Waals surface area contributed by atoms with Gasteiger partial charge in [-0.2, -0.15) is 4.39 Å². The number of nitrogens with one attached hydrogen (secondary N) is 1. The minimum atomic E-state index is -1.04. The van der Waals surface area contributed by atoms with Crippen molar-refractivity contribution in [3.8, 4) is 0 Å². The Bertz CT molecular complexity index is 491.